The summed E-state index contributed by atoms with van der Waals surface area (Å²) >= 11 is 0. The molecule has 1 N–H and O–H groups in total. The maximum atomic E-state index is 14.7. The molecule has 1 aromatic carbocycles. The Morgan fingerprint density at radius 3 is 2.81 bits per heavy atom. The molecule has 0 spiro atoms. The molecule has 166 valence electrons. The SMILES string of the molecule is C=Cn1cc(C2CCC(C(O)CC3c4c(F)cccc4-c4cncn43)CC2)ccc1=NC. The van der Waals surface area contributed by atoms with Crippen LogP contribution < -0.4 is 5.49 Å². The van der Waals surface area contributed by atoms with Gasteiger partial charge in [-0.05, 0) is 61.6 Å². The molecule has 3 aromatic rings. The Kier molecular flexibility index (Phi) is 5.55. The molecule has 3 heterocycles. The normalized spacial score (nSPS) is 23.6. The fourth-order valence-electron chi connectivity index (χ4n) is 5.59. The van der Waals surface area contributed by atoms with E-state index < -0.39 is 6.10 Å². The van der Waals surface area contributed by atoms with Gasteiger partial charge in [-0.25, -0.2) is 9.37 Å². The minimum atomic E-state index is -0.471. The molecule has 2 unspecified atom stereocenters. The van der Waals surface area contributed by atoms with E-state index >= 15 is 0 Å². The predicted molar refractivity (Wildman–Crippen MR) is 123 cm³/mol. The predicted octanol–water partition coefficient (Wildman–Crippen LogP) is 4.75. The largest absolute Gasteiger partial charge is 0.393 e. The Bertz CT molecular complexity index is 1200. The van der Waals surface area contributed by atoms with Crippen molar-refractivity contribution in [3.05, 3.63) is 78.1 Å². The number of hydrogen-bond donors (Lipinski definition) is 1. The number of fused-ring (bicyclic) bond motifs is 3. The van der Waals surface area contributed by atoms with E-state index in [9.17, 15) is 9.50 Å². The van der Waals surface area contributed by atoms with Gasteiger partial charge in [-0.1, -0.05) is 24.8 Å². The van der Waals surface area contributed by atoms with Gasteiger partial charge < -0.3 is 14.2 Å². The van der Waals surface area contributed by atoms with Gasteiger partial charge in [0.05, 0.1) is 30.4 Å². The zero-order chi connectivity index (χ0) is 22.2. The number of halogens is 1. The van der Waals surface area contributed by atoms with Gasteiger partial charge in [0.15, 0.2) is 0 Å². The van der Waals surface area contributed by atoms with E-state index in [0.717, 1.165) is 42.4 Å². The van der Waals surface area contributed by atoms with Crippen molar-refractivity contribution in [2.24, 2.45) is 10.9 Å². The van der Waals surface area contributed by atoms with Crippen molar-refractivity contribution in [3.8, 4) is 11.3 Å². The molecule has 32 heavy (non-hydrogen) atoms. The fraction of sp³-hybridized carbons (Fsp3) is 0.385. The molecule has 1 saturated carbocycles. The van der Waals surface area contributed by atoms with E-state index in [1.54, 1.807) is 31.8 Å². The minimum absolute atomic E-state index is 0.201. The molecule has 2 atom stereocenters. The third-order valence-electron chi connectivity index (χ3n) is 7.32. The molecular weight excluding hydrogens is 403 g/mol. The lowest BCUT2D eigenvalue weighted by molar-refractivity contribution is 0.0650. The van der Waals surface area contributed by atoms with Crippen molar-refractivity contribution < 1.29 is 9.50 Å². The second kappa shape index (κ2) is 8.51. The van der Waals surface area contributed by atoms with Crippen LogP contribution in [0.15, 0.2) is 60.6 Å². The maximum absolute atomic E-state index is 14.7. The van der Waals surface area contributed by atoms with Crippen molar-refractivity contribution in [1.29, 1.82) is 0 Å². The Balaban J connectivity index is 1.28. The van der Waals surface area contributed by atoms with Gasteiger partial charge in [-0.3, -0.25) is 4.99 Å². The van der Waals surface area contributed by atoms with Crippen molar-refractivity contribution in [2.75, 3.05) is 7.05 Å². The van der Waals surface area contributed by atoms with Crippen LogP contribution in [0, 0.1) is 11.7 Å². The Morgan fingerprint density at radius 2 is 2.06 bits per heavy atom. The van der Waals surface area contributed by atoms with Gasteiger partial charge in [0, 0.05) is 30.6 Å². The molecule has 1 fully saturated rings. The first kappa shape index (κ1) is 20.9. The van der Waals surface area contributed by atoms with Crippen LogP contribution in [0.25, 0.3) is 17.5 Å². The van der Waals surface area contributed by atoms with Crippen molar-refractivity contribution >= 4 is 6.20 Å². The first-order chi connectivity index (χ1) is 15.6. The van der Waals surface area contributed by atoms with E-state index in [1.165, 1.54) is 11.6 Å². The summed E-state index contributed by atoms with van der Waals surface area (Å²) in [5.74, 6) is 0.496. The van der Waals surface area contributed by atoms with Gasteiger partial charge in [-0.15, -0.1) is 0 Å². The van der Waals surface area contributed by atoms with Crippen LogP contribution in [-0.2, 0) is 0 Å². The average Bonchev–Trinajstić information content (AvgIpc) is 3.42. The maximum Gasteiger partial charge on any atom is 0.131 e. The number of imidazole rings is 1. The third kappa shape index (κ3) is 3.52. The summed E-state index contributed by atoms with van der Waals surface area (Å²) < 4.78 is 18.7. The zero-order valence-corrected chi connectivity index (χ0v) is 18.4. The monoisotopic (exact) mass is 432 g/mol. The van der Waals surface area contributed by atoms with Crippen molar-refractivity contribution in [2.45, 2.75) is 50.2 Å². The average molecular weight is 433 g/mol. The van der Waals surface area contributed by atoms with E-state index in [2.05, 4.69) is 28.8 Å². The van der Waals surface area contributed by atoms with Crippen molar-refractivity contribution in [3.63, 3.8) is 0 Å². The fourth-order valence-corrected chi connectivity index (χ4v) is 5.59. The van der Waals surface area contributed by atoms with E-state index in [1.807, 2.05) is 21.3 Å². The molecular formula is C26H29FN4O. The summed E-state index contributed by atoms with van der Waals surface area (Å²) in [6, 6.07) is 9.18. The summed E-state index contributed by atoms with van der Waals surface area (Å²) in [5, 5.41) is 11.1. The van der Waals surface area contributed by atoms with E-state index in [0.29, 0.717) is 17.9 Å². The molecule has 0 amide bonds. The van der Waals surface area contributed by atoms with Gasteiger partial charge in [-0.2, -0.15) is 0 Å². The van der Waals surface area contributed by atoms with Gasteiger partial charge in [0.1, 0.15) is 11.3 Å². The molecule has 1 aliphatic heterocycles. The molecule has 1 aliphatic carbocycles. The second-order valence-corrected chi connectivity index (χ2v) is 8.95. The number of aliphatic hydroxyl groups excluding tert-OH is 1. The van der Waals surface area contributed by atoms with E-state index in [-0.39, 0.29) is 17.8 Å². The summed E-state index contributed by atoms with van der Waals surface area (Å²) in [7, 11) is 1.78. The van der Waals surface area contributed by atoms with Crippen LogP contribution >= 0.6 is 0 Å². The van der Waals surface area contributed by atoms with Crippen LogP contribution in [0.4, 0.5) is 4.39 Å². The Labute approximate surface area is 187 Å². The highest BCUT2D eigenvalue weighted by Crippen LogP contribution is 2.45. The van der Waals surface area contributed by atoms with Crippen molar-refractivity contribution in [1.82, 2.24) is 14.1 Å². The molecule has 2 aliphatic rings. The smallest absolute Gasteiger partial charge is 0.131 e. The van der Waals surface area contributed by atoms with Crippen LogP contribution in [0.3, 0.4) is 0 Å². The topological polar surface area (TPSA) is 55.3 Å². The number of aromatic nitrogens is 3. The highest BCUT2D eigenvalue weighted by molar-refractivity contribution is 5.69. The number of rotatable bonds is 5. The highest BCUT2D eigenvalue weighted by atomic mass is 19.1. The lowest BCUT2D eigenvalue weighted by atomic mass is 9.75. The van der Waals surface area contributed by atoms with Crippen LogP contribution in [0.2, 0.25) is 0 Å². The van der Waals surface area contributed by atoms with Gasteiger partial charge in [0.2, 0.25) is 0 Å². The van der Waals surface area contributed by atoms with Gasteiger partial charge >= 0.3 is 0 Å². The van der Waals surface area contributed by atoms with Crippen LogP contribution in [0.5, 0.6) is 0 Å². The Hall–Kier alpha value is -2.99. The summed E-state index contributed by atoms with van der Waals surface area (Å²) in [4.78, 5) is 8.53. The molecule has 5 nitrogen and oxygen atoms in total. The standard InChI is InChI=1S/C26H29FN4O/c1-3-30-15-19(11-12-25(30)28-2)17-7-9-18(10-8-17)24(32)13-22-26-20(5-4-6-21(26)27)23-14-29-16-31(22)23/h3-6,11-12,14-18,22,24,32H,1,7-10,13H2,2H3. The number of aliphatic hydroxyl groups is 1. The molecule has 2 aromatic heterocycles. The lowest BCUT2D eigenvalue weighted by Gasteiger charge is -2.33. The molecule has 6 heteroatoms. The number of benzene rings is 1. The van der Waals surface area contributed by atoms with E-state index in [4.69, 9.17) is 0 Å². The first-order valence-electron chi connectivity index (χ1n) is 11.4. The first-order valence-corrected chi connectivity index (χ1v) is 11.4. The lowest BCUT2D eigenvalue weighted by Crippen LogP contribution is -2.28. The molecule has 0 saturated heterocycles. The summed E-state index contributed by atoms with van der Waals surface area (Å²) in [6.07, 6.45) is 11.5. The number of nitrogens with zero attached hydrogens (tertiary/aromatic N) is 4. The minimum Gasteiger partial charge on any atom is -0.393 e. The highest BCUT2D eigenvalue weighted by Gasteiger charge is 2.35. The number of hydrogen-bond acceptors (Lipinski definition) is 3. The third-order valence-corrected chi connectivity index (χ3v) is 7.32. The second-order valence-electron chi connectivity index (χ2n) is 8.95. The van der Waals surface area contributed by atoms with Gasteiger partial charge in [0.25, 0.3) is 0 Å². The summed E-state index contributed by atoms with van der Waals surface area (Å²) in [6.45, 7) is 3.88. The van der Waals surface area contributed by atoms with Crippen LogP contribution in [0.1, 0.15) is 55.2 Å². The molecule has 5 rings (SSSR count). The number of pyridine rings is 1. The quantitative estimate of drug-likeness (QED) is 0.633. The zero-order valence-electron chi connectivity index (χ0n) is 18.4. The van der Waals surface area contributed by atoms with Crippen LogP contribution in [-0.4, -0.2) is 32.4 Å². The molecule has 0 radical (unpaired) electrons. The molecule has 0 bridgehead atoms. The summed E-state index contributed by atoms with van der Waals surface area (Å²) in [5.41, 5.74) is 4.68. The Morgan fingerprint density at radius 1 is 1.25 bits per heavy atom.